The first-order chi connectivity index (χ1) is 26.2. The molecular formula is C39H37F2N9O2S2. The summed E-state index contributed by atoms with van der Waals surface area (Å²) in [5.41, 5.74) is 8.91. The van der Waals surface area contributed by atoms with Gasteiger partial charge >= 0.3 is 0 Å². The molecule has 0 radical (unpaired) electrons. The summed E-state index contributed by atoms with van der Waals surface area (Å²) in [5, 5.41) is 18.7. The number of benzene rings is 2. The lowest BCUT2D eigenvalue weighted by Crippen LogP contribution is -2.12. The van der Waals surface area contributed by atoms with E-state index < -0.39 is 5.82 Å². The molecule has 0 unspecified atom stereocenters. The van der Waals surface area contributed by atoms with Gasteiger partial charge in [0.15, 0.2) is 11.6 Å². The van der Waals surface area contributed by atoms with Crippen LogP contribution in [0.1, 0.15) is 129 Å². The highest BCUT2D eigenvalue weighted by atomic mass is 32.1. The van der Waals surface area contributed by atoms with Crippen LogP contribution < -0.4 is 10.6 Å². The van der Waals surface area contributed by atoms with Gasteiger partial charge in [-0.2, -0.15) is 10.2 Å². The first kappa shape index (κ1) is 34.6. The number of carbonyl (C=O) groups is 2. The van der Waals surface area contributed by atoms with E-state index in [4.69, 9.17) is 5.10 Å². The Morgan fingerprint density at radius 3 is 1.54 bits per heavy atom. The van der Waals surface area contributed by atoms with Crippen LogP contribution in [0.15, 0.2) is 54.0 Å². The lowest BCUT2D eigenvalue weighted by Gasteiger charge is -2.10. The fraction of sp³-hybridized carbons (Fsp3) is 0.359. The minimum Gasteiger partial charge on any atom is -0.321 e. The molecule has 2 amide bonds. The number of aryl methyl sites for hydroxylation is 2. The van der Waals surface area contributed by atoms with Crippen LogP contribution in [0, 0.1) is 25.5 Å². The van der Waals surface area contributed by atoms with Crippen molar-refractivity contribution in [1.29, 1.82) is 0 Å². The van der Waals surface area contributed by atoms with Gasteiger partial charge in [0.1, 0.15) is 21.1 Å². The standard InChI is InChI=1S/C20H19FN4OS.C19H18FN5OS/c1-11-19(27-10-22-11)20(26)23-14-6-7-17(15(21)8-14)25-18(13-4-5-13)9-16(24-25)12-2-3-12;1-10-18(27-24-22-10)19(26)21-13-6-7-16(14(20)8-13)25-17(12-4-5-12)9-15(23-25)11-2-3-11/h6-10,12-13H,2-5H2,1H3,(H,23,26);6-9,11-12H,2-5H2,1H3,(H,21,26). The summed E-state index contributed by atoms with van der Waals surface area (Å²) in [6.45, 7) is 3.50. The lowest BCUT2D eigenvalue weighted by molar-refractivity contribution is 0.102. The number of rotatable bonds is 10. The van der Waals surface area contributed by atoms with Crippen LogP contribution in [0.5, 0.6) is 0 Å². The van der Waals surface area contributed by atoms with Crippen molar-refractivity contribution in [3.63, 3.8) is 0 Å². The number of halogens is 2. The smallest absolute Gasteiger partial charge is 0.269 e. The minimum absolute atomic E-state index is 0.268. The lowest BCUT2D eigenvalue weighted by atomic mass is 10.2. The van der Waals surface area contributed by atoms with Gasteiger partial charge in [-0.15, -0.1) is 16.4 Å². The molecule has 4 aromatic heterocycles. The van der Waals surface area contributed by atoms with E-state index in [2.05, 4.69) is 42.4 Å². The van der Waals surface area contributed by atoms with Gasteiger partial charge in [-0.25, -0.2) is 23.1 Å². The zero-order valence-electron chi connectivity index (χ0n) is 29.7. The molecule has 0 bridgehead atoms. The maximum absolute atomic E-state index is 14.9. The fourth-order valence-corrected chi connectivity index (χ4v) is 7.81. The molecule has 6 aromatic rings. The molecule has 4 fully saturated rings. The van der Waals surface area contributed by atoms with E-state index in [0.717, 1.165) is 60.0 Å². The summed E-state index contributed by atoms with van der Waals surface area (Å²) in [4.78, 5) is 29.6. The molecule has 15 heteroatoms. The number of aromatic nitrogens is 7. The number of carbonyl (C=O) groups excluding carboxylic acids is 2. The largest absolute Gasteiger partial charge is 0.321 e. The van der Waals surface area contributed by atoms with Crippen LogP contribution in [0.25, 0.3) is 11.4 Å². The number of nitrogens with one attached hydrogen (secondary N) is 2. The summed E-state index contributed by atoms with van der Waals surface area (Å²) in [5.74, 6) is 0.637. The minimum atomic E-state index is -0.403. The fourth-order valence-electron chi connectivity index (χ4n) is 6.56. The number of nitrogens with zero attached hydrogens (tertiary/aromatic N) is 7. The molecule has 0 spiro atoms. The third-order valence-electron chi connectivity index (χ3n) is 10.2. The van der Waals surface area contributed by atoms with Crippen molar-refractivity contribution in [2.45, 2.75) is 88.9 Å². The molecule has 10 rings (SSSR count). The number of anilines is 2. The van der Waals surface area contributed by atoms with Gasteiger partial charge in [-0.05, 0) is 125 Å². The average molecular weight is 766 g/mol. The Morgan fingerprint density at radius 2 is 1.15 bits per heavy atom. The first-order valence-corrected chi connectivity index (χ1v) is 20.0. The molecular weight excluding hydrogens is 729 g/mol. The topological polar surface area (TPSA) is 133 Å². The van der Waals surface area contributed by atoms with Gasteiger partial charge < -0.3 is 10.6 Å². The van der Waals surface area contributed by atoms with Gasteiger partial charge in [-0.3, -0.25) is 9.59 Å². The molecule has 4 saturated carbocycles. The molecule has 54 heavy (non-hydrogen) atoms. The summed E-state index contributed by atoms with van der Waals surface area (Å²) in [6, 6.07) is 13.8. The molecule has 0 atom stereocenters. The average Bonchev–Trinajstić information content (AvgIpc) is 3.99. The van der Waals surface area contributed by atoms with Crippen LogP contribution in [0.3, 0.4) is 0 Å². The van der Waals surface area contributed by atoms with Crippen molar-refractivity contribution in [2.75, 3.05) is 10.6 Å². The highest BCUT2D eigenvalue weighted by Crippen LogP contribution is 2.47. The maximum Gasteiger partial charge on any atom is 0.269 e. The van der Waals surface area contributed by atoms with Crippen molar-refractivity contribution in [2.24, 2.45) is 0 Å². The summed E-state index contributed by atoms with van der Waals surface area (Å²) in [6.07, 6.45) is 9.22. The van der Waals surface area contributed by atoms with E-state index >= 15 is 0 Å². The second-order valence-corrected chi connectivity index (χ2v) is 16.2. The molecule has 4 heterocycles. The molecule has 2 N–H and O–H groups in total. The molecule has 276 valence electrons. The van der Waals surface area contributed by atoms with Gasteiger partial charge in [0, 0.05) is 46.4 Å². The Kier molecular flexibility index (Phi) is 8.92. The van der Waals surface area contributed by atoms with E-state index in [1.165, 1.54) is 49.2 Å². The Labute approximate surface area is 318 Å². The summed E-state index contributed by atoms with van der Waals surface area (Å²) >= 11 is 2.30. The molecule has 11 nitrogen and oxygen atoms in total. The van der Waals surface area contributed by atoms with Gasteiger partial charge in [-0.1, -0.05) is 4.49 Å². The quantitative estimate of drug-likeness (QED) is 0.142. The first-order valence-electron chi connectivity index (χ1n) is 18.3. The number of hydrogen-bond donors (Lipinski definition) is 2. The van der Waals surface area contributed by atoms with Crippen LogP contribution in [-0.4, -0.2) is 45.9 Å². The second kappa shape index (κ2) is 13.9. The third-order valence-corrected chi connectivity index (χ3v) is 11.9. The van der Waals surface area contributed by atoms with Crippen LogP contribution in [0.2, 0.25) is 0 Å². The van der Waals surface area contributed by atoms with E-state index in [1.54, 1.807) is 53.0 Å². The van der Waals surface area contributed by atoms with E-state index in [-0.39, 0.29) is 17.6 Å². The predicted molar refractivity (Wildman–Crippen MR) is 202 cm³/mol. The van der Waals surface area contributed by atoms with Crippen molar-refractivity contribution in [3.05, 3.63) is 110 Å². The Morgan fingerprint density at radius 1 is 0.667 bits per heavy atom. The maximum atomic E-state index is 14.9. The third kappa shape index (κ3) is 7.21. The highest BCUT2D eigenvalue weighted by molar-refractivity contribution is 7.12. The zero-order valence-corrected chi connectivity index (χ0v) is 31.3. The van der Waals surface area contributed by atoms with Gasteiger partial charge in [0.2, 0.25) is 0 Å². The van der Waals surface area contributed by atoms with Crippen molar-refractivity contribution in [1.82, 2.24) is 34.1 Å². The SMILES string of the molecule is Cc1ncsc1C(=O)Nc1ccc(-n2nc(C3CC3)cc2C2CC2)c(F)c1.Cc1nnsc1C(=O)Nc1ccc(-n2nc(C3CC3)cc2C2CC2)c(F)c1. The van der Waals surface area contributed by atoms with Gasteiger partial charge in [0.25, 0.3) is 11.8 Å². The number of thiazole rings is 1. The Hall–Kier alpha value is -5.15. The molecule has 0 saturated heterocycles. The van der Waals surface area contributed by atoms with Crippen molar-refractivity contribution >= 4 is 46.1 Å². The molecule has 2 aromatic carbocycles. The van der Waals surface area contributed by atoms with Crippen molar-refractivity contribution < 1.29 is 18.4 Å². The number of amides is 2. The summed E-state index contributed by atoms with van der Waals surface area (Å²) < 4.78 is 37.0. The normalized spacial score (nSPS) is 16.5. The van der Waals surface area contributed by atoms with Gasteiger partial charge in [0.05, 0.1) is 28.3 Å². The highest BCUT2D eigenvalue weighted by Gasteiger charge is 2.35. The van der Waals surface area contributed by atoms with Crippen LogP contribution in [-0.2, 0) is 0 Å². The Bertz CT molecular complexity index is 2230. The predicted octanol–water partition coefficient (Wildman–Crippen LogP) is 8.96. The van der Waals surface area contributed by atoms with Crippen molar-refractivity contribution in [3.8, 4) is 11.4 Å². The monoisotopic (exact) mass is 765 g/mol. The summed E-state index contributed by atoms with van der Waals surface area (Å²) in [7, 11) is 0. The molecule has 0 aliphatic heterocycles. The van der Waals surface area contributed by atoms with Crippen LogP contribution in [0.4, 0.5) is 20.2 Å². The Balaban J connectivity index is 0.000000142. The van der Waals surface area contributed by atoms with Crippen LogP contribution >= 0.6 is 22.9 Å². The zero-order chi connectivity index (χ0) is 37.1. The van der Waals surface area contributed by atoms with E-state index in [1.807, 2.05) is 0 Å². The van der Waals surface area contributed by atoms with E-state index in [0.29, 0.717) is 67.6 Å². The molecule has 4 aliphatic carbocycles. The second-order valence-electron chi connectivity index (χ2n) is 14.6. The van der Waals surface area contributed by atoms with E-state index in [9.17, 15) is 18.4 Å². The molecule has 4 aliphatic rings. The number of hydrogen-bond acceptors (Lipinski definition) is 9.